The molecule has 0 bridgehead atoms. The average Bonchev–Trinajstić information content (AvgIpc) is 2.57. The number of aromatic nitrogens is 3. The Balaban J connectivity index is 2.12. The zero-order valence-electron chi connectivity index (χ0n) is 8.69. The van der Waals surface area contributed by atoms with E-state index in [4.69, 9.17) is 0 Å². The molecule has 0 saturated heterocycles. The highest BCUT2D eigenvalue weighted by Crippen LogP contribution is 2.18. The van der Waals surface area contributed by atoms with Crippen molar-refractivity contribution >= 4 is 11.0 Å². The Morgan fingerprint density at radius 2 is 1.69 bits per heavy atom. The molecule has 0 saturated carbocycles. The molecular formula is C13H11N3. The number of fused-ring (bicyclic) bond motifs is 1. The van der Waals surface area contributed by atoms with E-state index >= 15 is 0 Å². The lowest BCUT2D eigenvalue weighted by atomic mass is 10.2. The van der Waals surface area contributed by atoms with E-state index in [1.54, 1.807) is 0 Å². The first kappa shape index (κ1) is 9.09. The SMILES string of the molecule is C1=CC=CC(n2nnc3ccccc32)C=C1. The van der Waals surface area contributed by atoms with Gasteiger partial charge in [-0.3, -0.25) is 0 Å². The largest absolute Gasteiger partial charge is 0.234 e. The molecule has 3 heteroatoms. The van der Waals surface area contributed by atoms with Crippen LogP contribution >= 0.6 is 0 Å². The van der Waals surface area contributed by atoms with E-state index in [2.05, 4.69) is 22.5 Å². The fourth-order valence-electron chi connectivity index (χ4n) is 1.82. The second-order valence-electron chi connectivity index (χ2n) is 3.67. The van der Waals surface area contributed by atoms with Gasteiger partial charge in [-0.15, -0.1) is 5.10 Å². The fourth-order valence-corrected chi connectivity index (χ4v) is 1.82. The van der Waals surface area contributed by atoms with Crippen molar-refractivity contribution in [2.45, 2.75) is 6.04 Å². The Morgan fingerprint density at radius 3 is 2.50 bits per heavy atom. The van der Waals surface area contributed by atoms with Gasteiger partial charge in [-0.05, 0) is 12.1 Å². The van der Waals surface area contributed by atoms with Gasteiger partial charge in [-0.25, -0.2) is 4.68 Å². The molecular weight excluding hydrogens is 198 g/mol. The summed E-state index contributed by atoms with van der Waals surface area (Å²) < 4.78 is 1.93. The van der Waals surface area contributed by atoms with Crippen LogP contribution in [0.4, 0.5) is 0 Å². The quantitative estimate of drug-likeness (QED) is 0.722. The van der Waals surface area contributed by atoms with Crippen LogP contribution in [0.15, 0.2) is 60.7 Å². The van der Waals surface area contributed by atoms with Gasteiger partial charge >= 0.3 is 0 Å². The van der Waals surface area contributed by atoms with Gasteiger partial charge in [0.05, 0.1) is 11.6 Å². The van der Waals surface area contributed by atoms with Crippen LogP contribution < -0.4 is 0 Å². The van der Waals surface area contributed by atoms with E-state index in [9.17, 15) is 0 Å². The minimum Gasteiger partial charge on any atom is -0.234 e. The molecule has 1 aliphatic carbocycles. The van der Waals surface area contributed by atoms with E-state index in [0.717, 1.165) is 11.0 Å². The van der Waals surface area contributed by atoms with Crippen molar-refractivity contribution in [2.75, 3.05) is 0 Å². The summed E-state index contributed by atoms with van der Waals surface area (Å²) in [7, 11) is 0. The van der Waals surface area contributed by atoms with Gasteiger partial charge < -0.3 is 0 Å². The molecule has 1 aliphatic rings. The van der Waals surface area contributed by atoms with Crippen LogP contribution in [-0.2, 0) is 0 Å². The summed E-state index contributed by atoms with van der Waals surface area (Å²) in [6, 6.07) is 8.13. The lowest BCUT2D eigenvalue weighted by molar-refractivity contribution is 0.618. The molecule has 0 atom stereocenters. The van der Waals surface area contributed by atoms with Crippen LogP contribution in [0.3, 0.4) is 0 Å². The van der Waals surface area contributed by atoms with Crippen LogP contribution in [-0.4, -0.2) is 15.0 Å². The monoisotopic (exact) mass is 209 g/mol. The highest BCUT2D eigenvalue weighted by Gasteiger charge is 2.09. The molecule has 3 nitrogen and oxygen atoms in total. The molecule has 1 aromatic heterocycles. The number of rotatable bonds is 1. The third-order valence-corrected chi connectivity index (χ3v) is 2.61. The number of para-hydroxylation sites is 1. The van der Waals surface area contributed by atoms with E-state index in [1.165, 1.54) is 0 Å². The zero-order chi connectivity index (χ0) is 10.8. The standard InChI is InChI=1S/C13H11N3/c1-2-4-8-11(7-3-1)16-13-10-6-5-9-12(13)14-15-16/h1-11H. The van der Waals surface area contributed by atoms with Gasteiger partial charge in [-0.1, -0.05) is 53.8 Å². The molecule has 0 fully saturated rings. The zero-order valence-corrected chi connectivity index (χ0v) is 8.69. The van der Waals surface area contributed by atoms with Crippen molar-refractivity contribution < 1.29 is 0 Å². The van der Waals surface area contributed by atoms with Crippen molar-refractivity contribution in [3.05, 3.63) is 60.7 Å². The summed E-state index contributed by atoms with van der Waals surface area (Å²) in [6.07, 6.45) is 12.3. The summed E-state index contributed by atoms with van der Waals surface area (Å²) in [6.45, 7) is 0. The summed E-state index contributed by atoms with van der Waals surface area (Å²) in [4.78, 5) is 0. The molecule has 16 heavy (non-hydrogen) atoms. The van der Waals surface area contributed by atoms with Gasteiger partial charge in [0, 0.05) is 0 Å². The average molecular weight is 209 g/mol. The Morgan fingerprint density at radius 1 is 0.938 bits per heavy atom. The number of hydrogen-bond donors (Lipinski definition) is 0. The lowest BCUT2D eigenvalue weighted by Crippen LogP contribution is -2.05. The molecule has 0 unspecified atom stereocenters. The number of nitrogens with zero attached hydrogens (tertiary/aromatic N) is 3. The number of allylic oxidation sites excluding steroid dienone is 6. The van der Waals surface area contributed by atoms with Crippen LogP contribution in [0.25, 0.3) is 11.0 Å². The van der Waals surface area contributed by atoms with Gasteiger partial charge in [0.15, 0.2) is 0 Å². The first-order valence-electron chi connectivity index (χ1n) is 5.27. The third-order valence-electron chi connectivity index (χ3n) is 2.61. The molecule has 0 N–H and O–H groups in total. The summed E-state index contributed by atoms with van der Waals surface area (Å²) in [5, 5.41) is 8.35. The van der Waals surface area contributed by atoms with Crippen LogP contribution in [0.2, 0.25) is 0 Å². The van der Waals surface area contributed by atoms with Crippen molar-refractivity contribution in [2.24, 2.45) is 0 Å². The number of benzene rings is 1. The highest BCUT2D eigenvalue weighted by molar-refractivity contribution is 5.74. The number of hydrogen-bond acceptors (Lipinski definition) is 2. The van der Waals surface area contributed by atoms with Crippen molar-refractivity contribution in [1.82, 2.24) is 15.0 Å². The summed E-state index contributed by atoms with van der Waals surface area (Å²) in [5.74, 6) is 0. The van der Waals surface area contributed by atoms with E-state index in [-0.39, 0.29) is 6.04 Å². The fraction of sp³-hybridized carbons (Fsp3) is 0.0769. The molecule has 0 aliphatic heterocycles. The molecule has 1 aromatic carbocycles. The molecule has 3 rings (SSSR count). The van der Waals surface area contributed by atoms with Crippen molar-refractivity contribution in [1.29, 1.82) is 0 Å². The molecule has 1 heterocycles. The van der Waals surface area contributed by atoms with Crippen molar-refractivity contribution in [3.63, 3.8) is 0 Å². The minimum atomic E-state index is 0.141. The molecule has 0 amide bonds. The van der Waals surface area contributed by atoms with E-state index in [0.29, 0.717) is 0 Å². The van der Waals surface area contributed by atoms with Gasteiger partial charge in [0.2, 0.25) is 0 Å². The van der Waals surface area contributed by atoms with Crippen LogP contribution in [0, 0.1) is 0 Å². The topological polar surface area (TPSA) is 30.7 Å². The van der Waals surface area contributed by atoms with Crippen molar-refractivity contribution in [3.8, 4) is 0 Å². The van der Waals surface area contributed by atoms with E-state index < -0.39 is 0 Å². The Labute approximate surface area is 93.4 Å². The smallest absolute Gasteiger partial charge is 0.113 e. The van der Waals surface area contributed by atoms with Crippen LogP contribution in [0.5, 0.6) is 0 Å². The minimum absolute atomic E-state index is 0.141. The Hall–Kier alpha value is -2.16. The molecule has 0 spiro atoms. The highest BCUT2D eigenvalue weighted by atomic mass is 15.4. The second-order valence-corrected chi connectivity index (χ2v) is 3.67. The van der Waals surface area contributed by atoms with Gasteiger partial charge in [0.1, 0.15) is 5.52 Å². The summed E-state index contributed by atoms with van der Waals surface area (Å²) in [5.41, 5.74) is 1.99. The van der Waals surface area contributed by atoms with E-state index in [1.807, 2.05) is 53.3 Å². The maximum absolute atomic E-state index is 4.20. The first-order valence-corrected chi connectivity index (χ1v) is 5.27. The normalized spacial score (nSPS) is 15.8. The van der Waals surface area contributed by atoms with Gasteiger partial charge in [0.25, 0.3) is 0 Å². The lowest BCUT2D eigenvalue weighted by Gasteiger charge is -2.07. The predicted molar refractivity (Wildman–Crippen MR) is 64.0 cm³/mol. The van der Waals surface area contributed by atoms with Crippen LogP contribution in [0.1, 0.15) is 6.04 Å². The Bertz CT molecular complexity index is 574. The van der Waals surface area contributed by atoms with Gasteiger partial charge in [-0.2, -0.15) is 0 Å². The maximum Gasteiger partial charge on any atom is 0.113 e. The molecule has 2 aromatic rings. The molecule has 78 valence electrons. The maximum atomic E-state index is 4.20. The summed E-state index contributed by atoms with van der Waals surface area (Å²) >= 11 is 0. The third kappa shape index (κ3) is 1.46. The molecule has 0 radical (unpaired) electrons. The second kappa shape index (κ2) is 3.77. The first-order chi connectivity index (χ1) is 7.95. The predicted octanol–water partition coefficient (Wildman–Crippen LogP) is 2.65. The Kier molecular flexibility index (Phi) is 2.14.